The lowest BCUT2D eigenvalue weighted by Crippen LogP contribution is -2.57. The van der Waals surface area contributed by atoms with Gasteiger partial charge in [0.15, 0.2) is 5.82 Å². The molecule has 33 heavy (non-hydrogen) atoms. The molecule has 4 fully saturated rings. The Balaban J connectivity index is 1.27. The molecule has 0 radical (unpaired) electrons. The van der Waals surface area contributed by atoms with E-state index in [1.807, 2.05) is 6.20 Å². The second kappa shape index (κ2) is 8.15. The van der Waals surface area contributed by atoms with E-state index in [2.05, 4.69) is 39.6 Å². The Hall–Kier alpha value is -2.89. The Kier molecular flexibility index (Phi) is 5.11. The van der Waals surface area contributed by atoms with E-state index in [1.54, 1.807) is 6.08 Å². The predicted molar refractivity (Wildman–Crippen MR) is 131 cm³/mol. The van der Waals surface area contributed by atoms with Gasteiger partial charge in [-0.15, -0.1) is 0 Å². The van der Waals surface area contributed by atoms with Crippen LogP contribution in [-0.4, -0.2) is 46.5 Å². The summed E-state index contributed by atoms with van der Waals surface area (Å²) < 4.78 is 0. The quantitative estimate of drug-likeness (QED) is 0.700. The van der Waals surface area contributed by atoms with Gasteiger partial charge < -0.3 is 15.5 Å². The summed E-state index contributed by atoms with van der Waals surface area (Å²) in [5.41, 5.74) is 11.9. The fourth-order valence-electron chi connectivity index (χ4n) is 5.34. The van der Waals surface area contributed by atoms with Crippen LogP contribution >= 0.6 is 0 Å². The van der Waals surface area contributed by atoms with Gasteiger partial charge in [-0.25, -0.2) is 4.98 Å². The van der Waals surface area contributed by atoms with Crippen molar-refractivity contribution >= 4 is 23.5 Å². The second-order valence-electron chi connectivity index (χ2n) is 10.3. The van der Waals surface area contributed by atoms with Gasteiger partial charge in [0.2, 0.25) is 5.91 Å². The molecule has 2 N–H and O–H groups in total. The van der Waals surface area contributed by atoms with Gasteiger partial charge >= 0.3 is 0 Å². The summed E-state index contributed by atoms with van der Waals surface area (Å²) >= 11 is 0. The fourth-order valence-corrected chi connectivity index (χ4v) is 5.34. The molecule has 0 spiro atoms. The van der Waals surface area contributed by atoms with Gasteiger partial charge in [-0.05, 0) is 86.3 Å². The minimum Gasteiger partial charge on any atom is -0.396 e. The first kappa shape index (κ1) is 20.7. The Bertz CT molecular complexity index is 1090. The lowest BCUT2D eigenvalue weighted by Gasteiger charge is -2.43. The summed E-state index contributed by atoms with van der Waals surface area (Å²) in [4.78, 5) is 27.0. The van der Waals surface area contributed by atoms with Crippen molar-refractivity contribution in [3.63, 3.8) is 0 Å². The molecule has 6 nitrogen and oxygen atoms in total. The van der Waals surface area contributed by atoms with Crippen LogP contribution in [0.25, 0.3) is 6.08 Å². The minimum atomic E-state index is 0.288. The first-order valence-electron chi connectivity index (χ1n) is 12.5. The Labute approximate surface area is 195 Å². The van der Waals surface area contributed by atoms with Crippen LogP contribution in [0.5, 0.6) is 0 Å². The number of nitrogen functional groups attached to an aromatic ring is 1. The molecule has 0 unspecified atom stereocenters. The SMILES string of the molecule is C=Cc1cc(Cc2cc(N)c(N3CCN(C(=O)C4CC4)[C@H](C4CC4)C3)nc2C2CC2)ccn1. The maximum Gasteiger partial charge on any atom is 0.226 e. The Morgan fingerprint density at radius 2 is 1.97 bits per heavy atom. The van der Waals surface area contributed by atoms with Crippen molar-refractivity contribution in [2.75, 3.05) is 30.3 Å². The van der Waals surface area contributed by atoms with Gasteiger partial charge in [0.05, 0.1) is 17.4 Å². The smallest absolute Gasteiger partial charge is 0.226 e. The number of nitrogens with two attached hydrogens (primary N) is 1. The maximum absolute atomic E-state index is 12.9. The number of carbonyl (C=O) groups is 1. The highest BCUT2D eigenvalue weighted by atomic mass is 16.2. The second-order valence-corrected chi connectivity index (χ2v) is 10.3. The molecule has 172 valence electrons. The molecular formula is C27H33N5O. The van der Waals surface area contributed by atoms with E-state index in [0.29, 0.717) is 23.8 Å². The summed E-state index contributed by atoms with van der Waals surface area (Å²) in [5, 5.41) is 0. The number of hydrogen-bond acceptors (Lipinski definition) is 5. The van der Waals surface area contributed by atoms with E-state index in [-0.39, 0.29) is 5.92 Å². The highest BCUT2D eigenvalue weighted by molar-refractivity contribution is 5.82. The summed E-state index contributed by atoms with van der Waals surface area (Å²) in [6.45, 7) is 6.30. The summed E-state index contributed by atoms with van der Waals surface area (Å²) in [6, 6.07) is 6.61. The molecule has 2 aromatic heterocycles. The lowest BCUT2D eigenvalue weighted by atomic mass is 10.00. The molecule has 0 aromatic carbocycles. The average Bonchev–Trinajstić information content (AvgIpc) is 3.68. The van der Waals surface area contributed by atoms with Crippen molar-refractivity contribution in [2.24, 2.45) is 11.8 Å². The largest absolute Gasteiger partial charge is 0.396 e. The van der Waals surface area contributed by atoms with Crippen LogP contribution < -0.4 is 10.6 Å². The summed E-state index contributed by atoms with van der Waals surface area (Å²) in [7, 11) is 0. The first-order chi connectivity index (χ1) is 16.1. The zero-order valence-corrected chi connectivity index (χ0v) is 19.2. The number of nitrogens with zero attached hydrogens (tertiary/aromatic N) is 4. The van der Waals surface area contributed by atoms with E-state index in [9.17, 15) is 4.79 Å². The van der Waals surface area contributed by atoms with Crippen molar-refractivity contribution < 1.29 is 4.79 Å². The van der Waals surface area contributed by atoms with Crippen LogP contribution in [-0.2, 0) is 11.2 Å². The van der Waals surface area contributed by atoms with Crippen molar-refractivity contribution in [1.82, 2.24) is 14.9 Å². The molecule has 3 saturated carbocycles. The topological polar surface area (TPSA) is 75.3 Å². The molecule has 1 amide bonds. The molecule has 4 aliphatic rings. The normalized spacial score (nSPS) is 23.0. The number of pyridine rings is 2. The molecule has 6 heteroatoms. The fraction of sp³-hybridized carbons (Fsp3) is 0.519. The van der Waals surface area contributed by atoms with E-state index in [4.69, 9.17) is 10.7 Å². The van der Waals surface area contributed by atoms with Gasteiger partial charge in [0.25, 0.3) is 0 Å². The van der Waals surface area contributed by atoms with Gasteiger partial charge in [0.1, 0.15) is 0 Å². The van der Waals surface area contributed by atoms with Gasteiger partial charge in [-0.3, -0.25) is 9.78 Å². The lowest BCUT2D eigenvalue weighted by molar-refractivity contribution is -0.135. The Morgan fingerprint density at radius 3 is 2.67 bits per heavy atom. The van der Waals surface area contributed by atoms with Crippen molar-refractivity contribution in [3.8, 4) is 0 Å². The standard InChI is InChI=1S/C27H33N5O/c1-2-22-14-17(9-10-29-22)13-21-15-23(28)26(30-25(21)19-5-6-19)31-11-12-32(27(33)20-7-8-20)24(16-31)18-3-4-18/h2,9-10,14-15,18-20,24H,1,3-8,11-13,16,28H2/t24-/m0/s1. The number of carbonyl (C=O) groups excluding carboxylic acids is 1. The average molecular weight is 444 g/mol. The third kappa shape index (κ3) is 4.23. The van der Waals surface area contributed by atoms with Gasteiger partial charge in [0, 0.05) is 43.4 Å². The molecule has 1 saturated heterocycles. The van der Waals surface area contributed by atoms with Crippen molar-refractivity contribution in [1.29, 1.82) is 0 Å². The maximum atomic E-state index is 12.9. The van der Waals surface area contributed by atoms with Crippen LogP contribution in [0.2, 0.25) is 0 Å². The molecule has 1 atom stereocenters. The summed E-state index contributed by atoms with van der Waals surface area (Å²) in [6.07, 6.45) is 11.5. The van der Waals surface area contributed by atoms with E-state index < -0.39 is 0 Å². The first-order valence-corrected chi connectivity index (χ1v) is 12.5. The van der Waals surface area contributed by atoms with E-state index >= 15 is 0 Å². The molecule has 2 aromatic rings. The van der Waals surface area contributed by atoms with Crippen molar-refractivity contribution in [2.45, 2.75) is 56.9 Å². The number of hydrogen-bond donors (Lipinski definition) is 1. The number of amides is 1. The number of anilines is 2. The van der Waals surface area contributed by atoms with Crippen LogP contribution in [0.4, 0.5) is 11.5 Å². The van der Waals surface area contributed by atoms with E-state index in [1.165, 1.54) is 42.5 Å². The van der Waals surface area contributed by atoms with Gasteiger partial charge in [-0.1, -0.05) is 6.58 Å². The van der Waals surface area contributed by atoms with Crippen LogP contribution in [0.3, 0.4) is 0 Å². The third-order valence-corrected chi connectivity index (χ3v) is 7.65. The van der Waals surface area contributed by atoms with Gasteiger partial charge in [-0.2, -0.15) is 0 Å². The third-order valence-electron chi connectivity index (χ3n) is 7.65. The van der Waals surface area contributed by atoms with E-state index in [0.717, 1.165) is 56.1 Å². The number of aromatic nitrogens is 2. The summed E-state index contributed by atoms with van der Waals surface area (Å²) in [5.74, 6) is 2.78. The zero-order valence-electron chi connectivity index (χ0n) is 19.2. The minimum absolute atomic E-state index is 0.288. The molecule has 6 rings (SSSR count). The van der Waals surface area contributed by atoms with Crippen LogP contribution in [0.15, 0.2) is 31.0 Å². The molecular weight excluding hydrogens is 410 g/mol. The predicted octanol–water partition coefficient (Wildman–Crippen LogP) is 4.01. The molecule has 0 bridgehead atoms. The van der Waals surface area contributed by atoms with Crippen LogP contribution in [0, 0.1) is 11.8 Å². The highest BCUT2D eigenvalue weighted by Gasteiger charge is 2.45. The zero-order chi connectivity index (χ0) is 22.5. The highest BCUT2D eigenvalue weighted by Crippen LogP contribution is 2.44. The Morgan fingerprint density at radius 1 is 1.15 bits per heavy atom. The van der Waals surface area contributed by atoms with Crippen LogP contribution in [0.1, 0.15) is 67.0 Å². The number of piperazine rings is 1. The number of rotatable bonds is 7. The molecule has 1 aliphatic heterocycles. The van der Waals surface area contributed by atoms with Crippen molar-refractivity contribution in [3.05, 3.63) is 53.5 Å². The molecule has 3 aliphatic carbocycles. The molecule has 3 heterocycles. The monoisotopic (exact) mass is 443 g/mol.